The molecule has 1 atom stereocenters. The van der Waals surface area contributed by atoms with Crippen molar-refractivity contribution in [1.82, 2.24) is 19.5 Å². The van der Waals surface area contributed by atoms with Crippen molar-refractivity contribution >= 4 is 55.3 Å². The zero-order valence-electron chi connectivity index (χ0n) is 22.8. The maximum atomic E-state index is 14.9. The van der Waals surface area contributed by atoms with Crippen LogP contribution in [0.15, 0.2) is 60.9 Å². The minimum atomic E-state index is -0.628. The number of aromatic nitrogens is 4. The van der Waals surface area contributed by atoms with Crippen molar-refractivity contribution in [2.45, 2.75) is 20.0 Å². The molecule has 0 aliphatic heterocycles. The summed E-state index contributed by atoms with van der Waals surface area (Å²) in [4.78, 5) is 26.1. The molecule has 208 valence electrons. The summed E-state index contributed by atoms with van der Waals surface area (Å²) in [5, 5.41) is 4.42. The number of benzene rings is 3. The second kappa shape index (κ2) is 10.7. The Bertz CT molecular complexity index is 1940. The van der Waals surface area contributed by atoms with Crippen LogP contribution in [0.25, 0.3) is 42.7 Å². The van der Waals surface area contributed by atoms with Crippen molar-refractivity contribution in [3.63, 3.8) is 0 Å². The van der Waals surface area contributed by atoms with Gasteiger partial charge in [-0.2, -0.15) is 0 Å². The zero-order chi connectivity index (χ0) is 28.7. The number of nitrogens with zero attached hydrogens (tertiary/aromatic N) is 4. The minimum Gasteiger partial charge on any atom is -0.487 e. The Morgan fingerprint density at radius 1 is 1.12 bits per heavy atom. The Morgan fingerprint density at radius 2 is 1.98 bits per heavy atom. The van der Waals surface area contributed by atoms with Gasteiger partial charge in [-0.25, -0.2) is 24.1 Å². The molecule has 0 bridgehead atoms. The predicted octanol–water partition coefficient (Wildman–Crippen LogP) is 6.87. The summed E-state index contributed by atoms with van der Waals surface area (Å²) in [6.45, 7) is 3.62. The molecule has 1 N–H and O–H groups in total. The number of ether oxygens (including phenoxy) is 3. The van der Waals surface area contributed by atoms with Crippen LogP contribution < -0.4 is 14.8 Å². The number of hydrogen-bond donors (Lipinski definition) is 1. The van der Waals surface area contributed by atoms with E-state index in [9.17, 15) is 9.18 Å². The molecule has 3 heterocycles. The Balaban J connectivity index is 1.15. The summed E-state index contributed by atoms with van der Waals surface area (Å²) in [5.41, 5.74) is 5.34. The van der Waals surface area contributed by atoms with Crippen molar-refractivity contribution in [2.75, 3.05) is 19.0 Å². The molecule has 0 spiro atoms. The topological polar surface area (TPSA) is 100 Å². The van der Waals surface area contributed by atoms with E-state index in [1.807, 2.05) is 61.1 Å². The van der Waals surface area contributed by atoms with Gasteiger partial charge in [-0.05, 0) is 55.8 Å². The Kier molecular flexibility index (Phi) is 6.88. The average Bonchev–Trinajstić information content (AvgIpc) is 3.53. The molecular formula is C30H26FN5O4S. The highest BCUT2D eigenvalue weighted by molar-refractivity contribution is 7.21. The molecule has 9 nitrogen and oxygen atoms in total. The van der Waals surface area contributed by atoms with Gasteiger partial charge in [0.15, 0.2) is 11.6 Å². The quantitative estimate of drug-likeness (QED) is 0.223. The van der Waals surface area contributed by atoms with Crippen LogP contribution in [-0.4, -0.2) is 45.4 Å². The van der Waals surface area contributed by atoms with E-state index in [-0.39, 0.29) is 12.4 Å². The summed E-state index contributed by atoms with van der Waals surface area (Å²) in [5.74, 6) is -0.0795. The highest BCUT2D eigenvalue weighted by Gasteiger charge is 2.17. The van der Waals surface area contributed by atoms with Crippen LogP contribution in [0.2, 0.25) is 0 Å². The number of carbonyl (C=O) groups is 1. The standard InChI is InChI=1S/C30H26FN5O4S/c1-16-9-20(28-23(10-16)34-27(38-4)14-32-28)29-35-22-12-21(31)25(13-26(22)41-29)39-15-17(2)40-30(37)33-19-5-6-24-18(11-19)7-8-36(24)3/h5-14,17H,15H2,1-4H3,(H,33,37)/t17-/m1/s1. The number of nitrogens with one attached hydrogen (secondary N) is 1. The van der Waals surface area contributed by atoms with E-state index in [0.29, 0.717) is 33.1 Å². The van der Waals surface area contributed by atoms with Crippen molar-refractivity contribution in [3.05, 3.63) is 72.3 Å². The number of thiazole rings is 1. The first-order chi connectivity index (χ1) is 19.8. The van der Waals surface area contributed by atoms with E-state index in [2.05, 4.69) is 20.3 Å². The number of amides is 1. The lowest BCUT2D eigenvalue weighted by molar-refractivity contribution is 0.0844. The van der Waals surface area contributed by atoms with Gasteiger partial charge < -0.3 is 18.8 Å². The molecule has 3 aromatic heterocycles. The SMILES string of the molecule is COc1cnc2c(-c3nc4cc(F)c(OC[C@@H](C)OC(=O)Nc5ccc6c(ccn6C)c5)cc4s3)cc(C)cc2n1. The third kappa shape index (κ3) is 5.36. The highest BCUT2D eigenvalue weighted by Crippen LogP contribution is 2.37. The van der Waals surface area contributed by atoms with E-state index in [0.717, 1.165) is 26.7 Å². The number of anilines is 1. The lowest BCUT2D eigenvalue weighted by Crippen LogP contribution is -2.25. The number of carbonyl (C=O) groups excluding carboxylic acids is 1. The molecule has 0 unspecified atom stereocenters. The average molecular weight is 572 g/mol. The first-order valence-corrected chi connectivity index (χ1v) is 13.7. The van der Waals surface area contributed by atoms with Crippen LogP contribution in [0, 0.1) is 12.7 Å². The molecule has 6 aromatic rings. The summed E-state index contributed by atoms with van der Waals surface area (Å²) in [6.07, 6.45) is 2.26. The van der Waals surface area contributed by atoms with Gasteiger partial charge in [0, 0.05) is 47.5 Å². The Hall–Kier alpha value is -4.77. The fourth-order valence-corrected chi connectivity index (χ4v) is 5.59. The van der Waals surface area contributed by atoms with Gasteiger partial charge in [0.05, 0.1) is 34.6 Å². The maximum absolute atomic E-state index is 14.9. The third-order valence-corrected chi connectivity index (χ3v) is 7.62. The third-order valence-electron chi connectivity index (χ3n) is 6.56. The summed E-state index contributed by atoms with van der Waals surface area (Å²) in [7, 11) is 3.50. The molecule has 0 fully saturated rings. The van der Waals surface area contributed by atoms with Crippen molar-refractivity contribution in [2.24, 2.45) is 7.05 Å². The van der Waals surface area contributed by atoms with Crippen molar-refractivity contribution < 1.29 is 23.4 Å². The molecule has 0 radical (unpaired) electrons. The van der Waals surface area contributed by atoms with E-state index in [1.54, 1.807) is 26.3 Å². The number of methoxy groups -OCH3 is 1. The van der Waals surface area contributed by atoms with Gasteiger partial charge >= 0.3 is 6.09 Å². The molecule has 0 aliphatic rings. The van der Waals surface area contributed by atoms with Gasteiger partial charge in [-0.1, -0.05) is 0 Å². The summed E-state index contributed by atoms with van der Waals surface area (Å²) < 4.78 is 34.0. The molecular weight excluding hydrogens is 545 g/mol. The van der Waals surface area contributed by atoms with Crippen molar-refractivity contribution in [3.8, 4) is 22.2 Å². The van der Waals surface area contributed by atoms with Crippen LogP contribution in [0.1, 0.15) is 12.5 Å². The second-order valence-corrected chi connectivity index (χ2v) is 10.7. The fourth-order valence-electron chi connectivity index (χ4n) is 4.60. The van der Waals surface area contributed by atoms with Crippen molar-refractivity contribution in [1.29, 1.82) is 0 Å². The monoisotopic (exact) mass is 571 g/mol. The van der Waals surface area contributed by atoms with Crippen LogP contribution in [0.5, 0.6) is 11.6 Å². The molecule has 0 saturated carbocycles. The zero-order valence-corrected chi connectivity index (χ0v) is 23.6. The number of halogens is 1. The van der Waals surface area contributed by atoms with Crippen LogP contribution in [0.3, 0.4) is 0 Å². The first kappa shape index (κ1) is 26.5. The fraction of sp³-hybridized carbons (Fsp3) is 0.200. The largest absolute Gasteiger partial charge is 0.487 e. The lowest BCUT2D eigenvalue weighted by atomic mass is 10.1. The molecule has 6 rings (SSSR count). The maximum Gasteiger partial charge on any atom is 0.412 e. The highest BCUT2D eigenvalue weighted by atomic mass is 32.1. The Morgan fingerprint density at radius 3 is 2.80 bits per heavy atom. The number of hydrogen-bond acceptors (Lipinski definition) is 8. The van der Waals surface area contributed by atoms with Gasteiger partial charge in [0.25, 0.3) is 0 Å². The number of aryl methyl sites for hydroxylation is 2. The van der Waals surface area contributed by atoms with Gasteiger partial charge in [0.2, 0.25) is 5.88 Å². The molecule has 0 aliphatic carbocycles. The molecule has 3 aromatic carbocycles. The summed E-state index contributed by atoms with van der Waals surface area (Å²) in [6, 6.07) is 14.4. The normalized spacial score (nSPS) is 12.1. The van der Waals surface area contributed by atoms with Gasteiger partial charge in [-0.15, -0.1) is 11.3 Å². The molecule has 41 heavy (non-hydrogen) atoms. The predicted molar refractivity (Wildman–Crippen MR) is 157 cm³/mol. The van der Waals surface area contributed by atoms with Crippen LogP contribution in [-0.2, 0) is 11.8 Å². The second-order valence-electron chi connectivity index (χ2n) is 9.71. The van der Waals surface area contributed by atoms with E-state index in [1.165, 1.54) is 17.4 Å². The minimum absolute atomic E-state index is 0.0286. The van der Waals surface area contributed by atoms with Gasteiger partial charge in [-0.3, -0.25) is 5.32 Å². The van der Waals surface area contributed by atoms with E-state index >= 15 is 0 Å². The molecule has 1 amide bonds. The smallest absolute Gasteiger partial charge is 0.412 e. The molecule has 11 heteroatoms. The number of rotatable bonds is 7. The lowest BCUT2D eigenvalue weighted by Gasteiger charge is -2.15. The van der Waals surface area contributed by atoms with Gasteiger partial charge in [0.1, 0.15) is 17.7 Å². The van der Waals surface area contributed by atoms with E-state index in [4.69, 9.17) is 14.2 Å². The number of fused-ring (bicyclic) bond motifs is 3. The van der Waals surface area contributed by atoms with E-state index < -0.39 is 18.0 Å². The first-order valence-electron chi connectivity index (χ1n) is 12.8. The summed E-state index contributed by atoms with van der Waals surface area (Å²) >= 11 is 1.40. The Labute approximate surface area is 238 Å². The van der Waals surface area contributed by atoms with Crippen LogP contribution >= 0.6 is 11.3 Å². The van der Waals surface area contributed by atoms with Crippen LogP contribution in [0.4, 0.5) is 14.9 Å². The molecule has 0 saturated heterocycles.